The van der Waals surface area contributed by atoms with E-state index < -0.39 is 0 Å². The van der Waals surface area contributed by atoms with Gasteiger partial charge in [0.05, 0.1) is 17.8 Å². The number of aromatic nitrogens is 3. The van der Waals surface area contributed by atoms with Crippen LogP contribution in [0.5, 0.6) is 0 Å². The number of carbonyl (C=O) groups is 1. The third-order valence-electron chi connectivity index (χ3n) is 6.62. The Morgan fingerprint density at radius 2 is 2.03 bits per heavy atom. The molecule has 2 aliphatic carbocycles. The first kappa shape index (κ1) is 19.9. The van der Waals surface area contributed by atoms with Gasteiger partial charge in [-0.05, 0) is 49.9 Å². The summed E-state index contributed by atoms with van der Waals surface area (Å²) in [7, 11) is 0. The molecule has 0 unspecified atom stereocenters. The zero-order valence-corrected chi connectivity index (χ0v) is 18.0. The SMILES string of the molecule is O=C(CCc1cnccn1)N[C@H]1C[C@H]2CN(c3nccs3)C[C@H]2C[C@@H]1OCC1CC1. The largest absolute Gasteiger partial charge is 0.376 e. The van der Waals surface area contributed by atoms with E-state index in [1.807, 2.05) is 11.6 Å². The monoisotopic (exact) mass is 427 g/mol. The lowest BCUT2D eigenvalue weighted by atomic mass is 9.77. The molecule has 3 aliphatic rings. The molecule has 0 bridgehead atoms. The topological polar surface area (TPSA) is 80.2 Å². The maximum atomic E-state index is 12.7. The first-order valence-corrected chi connectivity index (χ1v) is 11.9. The maximum Gasteiger partial charge on any atom is 0.220 e. The molecule has 30 heavy (non-hydrogen) atoms. The summed E-state index contributed by atoms with van der Waals surface area (Å²) in [5.41, 5.74) is 0.854. The van der Waals surface area contributed by atoms with Crippen molar-refractivity contribution in [2.75, 3.05) is 24.6 Å². The second kappa shape index (κ2) is 8.98. The molecule has 1 saturated heterocycles. The van der Waals surface area contributed by atoms with Crippen LogP contribution in [0.3, 0.4) is 0 Å². The normalized spacial score (nSPS) is 28.3. The highest BCUT2D eigenvalue weighted by Gasteiger charge is 2.44. The van der Waals surface area contributed by atoms with Crippen LogP contribution in [0, 0.1) is 17.8 Å². The summed E-state index contributed by atoms with van der Waals surface area (Å²) in [6, 6.07) is 0.0932. The minimum atomic E-state index is 0.0823. The van der Waals surface area contributed by atoms with E-state index in [-0.39, 0.29) is 18.1 Å². The average Bonchev–Trinajstić information content (AvgIpc) is 3.25. The van der Waals surface area contributed by atoms with E-state index in [1.165, 1.54) is 12.8 Å². The zero-order valence-electron chi connectivity index (χ0n) is 17.2. The van der Waals surface area contributed by atoms with Gasteiger partial charge in [0, 0.05) is 56.3 Å². The van der Waals surface area contributed by atoms with E-state index in [2.05, 4.69) is 25.2 Å². The van der Waals surface area contributed by atoms with Crippen molar-refractivity contribution in [2.24, 2.45) is 17.8 Å². The van der Waals surface area contributed by atoms with Crippen molar-refractivity contribution >= 4 is 22.4 Å². The molecule has 7 nitrogen and oxygen atoms in total. The van der Waals surface area contributed by atoms with Gasteiger partial charge in [-0.25, -0.2) is 4.98 Å². The summed E-state index contributed by atoms with van der Waals surface area (Å²) in [6.45, 7) is 2.92. The quantitative estimate of drug-likeness (QED) is 0.698. The van der Waals surface area contributed by atoms with Gasteiger partial charge in [0.2, 0.25) is 5.91 Å². The number of hydrogen-bond donors (Lipinski definition) is 1. The molecule has 1 aliphatic heterocycles. The van der Waals surface area contributed by atoms with E-state index in [9.17, 15) is 4.79 Å². The first-order chi connectivity index (χ1) is 14.7. The lowest BCUT2D eigenvalue weighted by Crippen LogP contribution is -2.50. The molecule has 160 valence electrons. The molecule has 2 aromatic heterocycles. The fourth-order valence-corrected chi connectivity index (χ4v) is 5.46. The van der Waals surface area contributed by atoms with Gasteiger partial charge in [-0.15, -0.1) is 11.3 Å². The Balaban J connectivity index is 1.20. The Morgan fingerprint density at radius 1 is 1.17 bits per heavy atom. The Hall–Kier alpha value is -2.06. The lowest BCUT2D eigenvalue weighted by Gasteiger charge is -2.38. The van der Waals surface area contributed by atoms with Gasteiger partial charge in [0.25, 0.3) is 0 Å². The number of aryl methyl sites for hydroxylation is 1. The van der Waals surface area contributed by atoms with E-state index in [0.717, 1.165) is 49.3 Å². The van der Waals surface area contributed by atoms with Gasteiger partial charge < -0.3 is 15.0 Å². The highest BCUT2D eigenvalue weighted by atomic mass is 32.1. The molecular weight excluding hydrogens is 398 g/mol. The van der Waals surface area contributed by atoms with Gasteiger partial charge in [-0.3, -0.25) is 14.8 Å². The highest BCUT2D eigenvalue weighted by Crippen LogP contribution is 2.40. The van der Waals surface area contributed by atoms with Crippen LogP contribution in [0.1, 0.15) is 37.8 Å². The van der Waals surface area contributed by atoms with Crippen molar-refractivity contribution in [2.45, 2.75) is 50.7 Å². The smallest absolute Gasteiger partial charge is 0.220 e. The number of nitrogens with one attached hydrogen (secondary N) is 1. The number of thiazole rings is 1. The molecule has 0 spiro atoms. The predicted molar refractivity (Wildman–Crippen MR) is 115 cm³/mol. The molecule has 3 fully saturated rings. The summed E-state index contributed by atoms with van der Waals surface area (Å²) in [5.74, 6) is 2.01. The number of anilines is 1. The van der Waals surface area contributed by atoms with Crippen LogP contribution in [0.4, 0.5) is 5.13 Å². The molecule has 0 aromatic carbocycles. The van der Waals surface area contributed by atoms with Crippen LogP contribution in [0.2, 0.25) is 0 Å². The Bertz CT molecular complexity index is 829. The number of nitrogens with zero attached hydrogens (tertiary/aromatic N) is 4. The summed E-state index contributed by atoms with van der Waals surface area (Å²) >= 11 is 1.71. The van der Waals surface area contributed by atoms with E-state index in [4.69, 9.17) is 4.74 Å². The second-order valence-electron chi connectivity index (χ2n) is 8.90. The summed E-state index contributed by atoms with van der Waals surface area (Å²) in [5, 5.41) is 6.46. The Labute approximate surface area is 181 Å². The molecule has 2 aromatic rings. The van der Waals surface area contributed by atoms with Gasteiger partial charge >= 0.3 is 0 Å². The third-order valence-corrected chi connectivity index (χ3v) is 7.45. The highest BCUT2D eigenvalue weighted by molar-refractivity contribution is 7.13. The molecule has 1 N–H and O–H groups in total. The minimum Gasteiger partial charge on any atom is -0.376 e. The lowest BCUT2D eigenvalue weighted by molar-refractivity contribution is -0.124. The van der Waals surface area contributed by atoms with Gasteiger partial charge in [0.15, 0.2) is 5.13 Å². The minimum absolute atomic E-state index is 0.0823. The summed E-state index contributed by atoms with van der Waals surface area (Å²) in [4.78, 5) is 27.9. The predicted octanol–water partition coefficient (Wildman–Crippen LogP) is 2.69. The molecule has 0 radical (unpaired) electrons. The molecular formula is C22H29N5O2S. The molecule has 4 atom stereocenters. The average molecular weight is 428 g/mol. The number of carbonyl (C=O) groups excluding carboxylic acids is 1. The fraction of sp³-hybridized carbons (Fsp3) is 0.636. The number of rotatable bonds is 8. The number of hydrogen-bond acceptors (Lipinski definition) is 7. The molecule has 3 heterocycles. The third kappa shape index (κ3) is 4.81. The van der Waals surface area contributed by atoms with Crippen LogP contribution < -0.4 is 10.2 Å². The van der Waals surface area contributed by atoms with Crippen molar-refractivity contribution in [3.63, 3.8) is 0 Å². The maximum absolute atomic E-state index is 12.7. The van der Waals surface area contributed by atoms with Crippen LogP contribution in [-0.4, -0.2) is 52.7 Å². The van der Waals surface area contributed by atoms with Crippen LogP contribution in [0.25, 0.3) is 0 Å². The van der Waals surface area contributed by atoms with Gasteiger partial charge in [0.1, 0.15) is 0 Å². The molecule has 8 heteroatoms. The zero-order chi connectivity index (χ0) is 20.3. The van der Waals surface area contributed by atoms with Crippen molar-refractivity contribution in [1.82, 2.24) is 20.3 Å². The molecule has 1 amide bonds. The number of amides is 1. The van der Waals surface area contributed by atoms with E-state index in [0.29, 0.717) is 24.7 Å². The fourth-order valence-electron chi connectivity index (χ4n) is 4.80. The van der Waals surface area contributed by atoms with Crippen molar-refractivity contribution in [3.8, 4) is 0 Å². The van der Waals surface area contributed by atoms with Gasteiger partial charge in [-0.2, -0.15) is 0 Å². The number of ether oxygens (including phenoxy) is 1. The Kier molecular flexibility index (Phi) is 5.95. The van der Waals surface area contributed by atoms with Crippen molar-refractivity contribution in [3.05, 3.63) is 35.9 Å². The van der Waals surface area contributed by atoms with Crippen LogP contribution in [-0.2, 0) is 16.0 Å². The van der Waals surface area contributed by atoms with Crippen LogP contribution >= 0.6 is 11.3 Å². The van der Waals surface area contributed by atoms with Crippen LogP contribution in [0.15, 0.2) is 30.2 Å². The van der Waals surface area contributed by atoms with Gasteiger partial charge in [-0.1, -0.05) is 0 Å². The number of fused-ring (bicyclic) bond motifs is 1. The standard InChI is InChI=1S/C22H29N5O2S/c28-21(4-3-18-11-23-5-6-24-18)26-19-9-16-12-27(22-25-7-8-30-22)13-17(16)10-20(19)29-14-15-1-2-15/h5-8,11,15-17,19-20H,1-4,9-10,12-14H2,(H,26,28)/t16-,17+,19-,20-/m0/s1. The second-order valence-corrected chi connectivity index (χ2v) is 9.77. The van der Waals surface area contributed by atoms with E-state index >= 15 is 0 Å². The Morgan fingerprint density at radius 3 is 2.77 bits per heavy atom. The van der Waals surface area contributed by atoms with E-state index in [1.54, 1.807) is 29.9 Å². The molecule has 5 rings (SSSR count). The summed E-state index contributed by atoms with van der Waals surface area (Å²) < 4.78 is 6.35. The molecule has 2 saturated carbocycles. The van der Waals surface area contributed by atoms with Crippen molar-refractivity contribution in [1.29, 1.82) is 0 Å². The first-order valence-electron chi connectivity index (χ1n) is 11.0. The van der Waals surface area contributed by atoms with Crippen molar-refractivity contribution < 1.29 is 9.53 Å². The summed E-state index contributed by atoms with van der Waals surface area (Å²) in [6.07, 6.45) is 12.7.